The zero-order valence-electron chi connectivity index (χ0n) is 17.7. The van der Waals surface area contributed by atoms with Gasteiger partial charge in [-0.05, 0) is 44.0 Å². The molecule has 0 saturated heterocycles. The fourth-order valence-corrected chi connectivity index (χ4v) is 3.13. The number of carbonyl (C=O) groups is 2. The average Bonchev–Trinajstić information content (AvgIpc) is 3.09. The Morgan fingerprint density at radius 3 is 2.50 bits per heavy atom. The van der Waals surface area contributed by atoms with Crippen molar-refractivity contribution in [3.8, 4) is 5.75 Å². The van der Waals surface area contributed by atoms with Crippen molar-refractivity contribution in [1.29, 1.82) is 0 Å². The molecule has 0 fully saturated rings. The molecule has 0 spiro atoms. The number of rotatable bonds is 8. The van der Waals surface area contributed by atoms with Crippen LogP contribution in [0.1, 0.15) is 28.1 Å². The van der Waals surface area contributed by atoms with E-state index in [0.717, 1.165) is 22.6 Å². The first-order chi connectivity index (χ1) is 15.2. The molecule has 2 aromatic heterocycles. The Labute approximate surface area is 194 Å². The molecule has 0 aliphatic heterocycles. The number of nitrogens with zero attached hydrogens (tertiary/aromatic N) is 2. The summed E-state index contributed by atoms with van der Waals surface area (Å²) >= 11 is 12.0. The number of nitrogens with one attached hydrogen (secondary N) is 1. The van der Waals surface area contributed by atoms with Crippen LogP contribution in [0.15, 0.2) is 35.0 Å². The SMILES string of the molecule is Cc1noc(C)c1COc1ccc(CC(=O)OCC(=O)Nc2ncc(Cl)c(C)c2Cl)cc1. The van der Waals surface area contributed by atoms with Crippen LogP contribution < -0.4 is 10.1 Å². The Kier molecular flexibility index (Phi) is 7.71. The maximum Gasteiger partial charge on any atom is 0.310 e. The first-order valence-corrected chi connectivity index (χ1v) is 10.4. The molecule has 2 heterocycles. The van der Waals surface area contributed by atoms with Gasteiger partial charge in [-0.25, -0.2) is 4.98 Å². The van der Waals surface area contributed by atoms with E-state index >= 15 is 0 Å². The number of carbonyl (C=O) groups excluding carboxylic acids is 2. The lowest BCUT2D eigenvalue weighted by Gasteiger charge is -2.10. The lowest BCUT2D eigenvalue weighted by Crippen LogP contribution is -2.22. The van der Waals surface area contributed by atoms with E-state index in [2.05, 4.69) is 15.5 Å². The van der Waals surface area contributed by atoms with Crippen LogP contribution in [0.4, 0.5) is 5.82 Å². The van der Waals surface area contributed by atoms with Crippen LogP contribution in [-0.2, 0) is 27.4 Å². The number of aryl methyl sites for hydroxylation is 2. The largest absolute Gasteiger partial charge is 0.489 e. The molecule has 0 aliphatic carbocycles. The highest BCUT2D eigenvalue weighted by atomic mass is 35.5. The van der Waals surface area contributed by atoms with Crippen molar-refractivity contribution in [3.05, 3.63) is 68.7 Å². The molecule has 1 amide bonds. The lowest BCUT2D eigenvalue weighted by atomic mass is 10.1. The molecule has 8 nitrogen and oxygen atoms in total. The van der Waals surface area contributed by atoms with Gasteiger partial charge in [-0.2, -0.15) is 0 Å². The molecule has 0 atom stereocenters. The summed E-state index contributed by atoms with van der Waals surface area (Å²) in [6.45, 7) is 5.26. The van der Waals surface area contributed by atoms with E-state index < -0.39 is 18.5 Å². The molecule has 168 valence electrons. The molecule has 10 heteroatoms. The van der Waals surface area contributed by atoms with Crippen LogP contribution in [0.25, 0.3) is 0 Å². The van der Waals surface area contributed by atoms with Crippen LogP contribution >= 0.6 is 23.2 Å². The van der Waals surface area contributed by atoms with E-state index in [1.165, 1.54) is 6.20 Å². The van der Waals surface area contributed by atoms with Gasteiger partial charge < -0.3 is 19.3 Å². The number of anilines is 1. The van der Waals surface area contributed by atoms with Crippen LogP contribution in [-0.4, -0.2) is 28.6 Å². The van der Waals surface area contributed by atoms with Gasteiger partial charge in [-0.3, -0.25) is 9.59 Å². The summed E-state index contributed by atoms with van der Waals surface area (Å²) in [4.78, 5) is 28.1. The zero-order chi connectivity index (χ0) is 23.3. The van der Waals surface area contributed by atoms with Crippen molar-refractivity contribution in [2.45, 2.75) is 33.8 Å². The summed E-state index contributed by atoms with van der Waals surface area (Å²) in [5.74, 6) is 0.412. The van der Waals surface area contributed by atoms with Gasteiger partial charge in [0.25, 0.3) is 5.91 Å². The van der Waals surface area contributed by atoms with Crippen molar-refractivity contribution in [2.24, 2.45) is 0 Å². The van der Waals surface area contributed by atoms with Crippen molar-refractivity contribution in [1.82, 2.24) is 10.1 Å². The Morgan fingerprint density at radius 1 is 1.12 bits per heavy atom. The van der Waals surface area contributed by atoms with Crippen LogP contribution in [0.3, 0.4) is 0 Å². The Hall–Kier alpha value is -3.10. The van der Waals surface area contributed by atoms with Gasteiger partial charge in [-0.1, -0.05) is 40.5 Å². The third-order valence-corrected chi connectivity index (χ3v) is 5.50. The fourth-order valence-electron chi connectivity index (χ4n) is 2.74. The molecule has 0 bridgehead atoms. The summed E-state index contributed by atoms with van der Waals surface area (Å²) in [6.07, 6.45) is 1.39. The topological polar surface area (TPSA) is 104 Å². The standard InChI is InChI=1S/C22H21Cl2N3O5/c1-12-18(23)9-25-22(21(12)24)26-19(28)11-31-20(29)8-15-4-6-16(7-5-15)30-10-17-13(2)27-32-14(17)3/h4-7,9H,8,10-11H2,1-3H3,(H,25,26,28). The highest BCUT2D eigenvalue weighted by molar-refractivity contribution is 6.37. The summed E-state index contributed by atoms with van der Waals surface area (Å²) in [7, 11) is 0. The van der Waals surface area contributed by atoms with Gasteiger partial charge in [0.05, 0.1) is 27.7 Å². The predicted octanol–water partition coefficient (Wildman–Crippen LogP) is 4.61. The van der Waals surface area contributed by atoms with Gasteiger partial charge in [0, 0.05) is 6.20 Å². The van der Waals surface area contributed by atoms with E-state index in [-0.39, 0.29) is 17.3 Å². The number of amides is 1. The van der Waals surface area contributed by atoms with Gasteiger partial charge >= 0.3 is 5.97 Å². The molecule has 0 aliphatic rings. The number of benzene rings is 1. The monoisotopic (exact) mass is 477 g/mol. The van der Waals surface area contributed by atoms with E-state index in [0.29, 0.717) is 22.9 Å². The second kappa shape index (κ2) is 10.5. The first kappa shape index (κ1) is 23.6. The lowest BCUT2D eigenvalue weighted by molar-refractivity contribution is -0.146. The van der Waals surface area contributed by atoms with E-state index in [9.17, 15) is 9.59 Å². The molecule has 0 unspecified atom stereocenters. The highest BCUT2D eigenvalue weighted by Gasteiger charge is 2.14. The molecular formula is C22H21Cl2N3O5. The molecule has 32 heavy (non-hydrogen) atoms. The number of esters is 1. The van der Waals surface area contributed by atoms with Gasteiger partial charge in [0.2, 0.25) is 0 Å². The second-order valence-electron chi connectivity index (χ2n) is 7.01. The number of hydrogen-bond donors (Lipinski definition) is 1. The van der Waals surface area contributed by atoms with E-state index in [4.69, 9.17) is 37.2 Å². The fraction of sp³-hybridized carbons (Fsp3) is 0.273. The van der Waals surface area contributed by atoms with Gasteiger partial charge in [0.15, 0.2) is 12.4 Å². The molecule has 0 saturated carbocycles. The van der Waals surface area contributed by atoms with Gasteiger partial charge in [-0.15, -0.1) is 0 Å². The third-order valence-electron chi connectivity index (χ3n) is 4.66. The maximum atomic E-state index is 12.1. The quantitative estimate of drug-likeness (QED) is 0.472. The average molecular weight is 478 g/mol. The molecule has 3 rings (SSSR count). The van der Waals surface area contributed by atoms with Crippen molar-refractivity contribution < 1.29 is 23.6 Å². The number of halogens is 2. The molecule has 1 N–H and O–H groups in total. The molecule has 0 radical (unpaired) electrons. The normalized spacial score (nSPS) is 10.7. The summed E-state index contributed by atoms with van der Waals surface area (Å²) in [5, 5.41) is 7.00. The summed E-state index contributed by atoms with van der Waals surface area (Å²) in [6, 6.07) is 7.02. The molecule has 3 aromatic rings. The van der Waals surface area contributed by atoms with Crippen LogP contribution in [0.5, 0.6) is 5.75 Å². The zero-order valence-corrected chi connectivity index (χ0v) is 19.2. The number of hydrogen-bond acceptors (Lipinski definition) is 7. The smallest absolute Gasteiger partial charge is 0.310 e. The first-order valence-electron chi connectivity index (χ1n) is 9.64. The van der Waals surface area contributed by atoms with Gasteiger partial charge in [0.1, 0.15) is 18.1 Å². The van der Waals surface area contributed by atoms with Crippen molar-refractivity contribution in [3.63, 3.8) is 0 Å². The van der Waals surface area contributed by atoms with Crippen LogP contribution in [0.2, 0.25) is 10.0 Å². The number of pyridine rings is 1. The minimum atomic E-state index is -0.558. The van der Waals surface area contributed by atoms with Crippen LogP contribution in [0, 0.1) is 20.8 Å². The maximum absolute atomic E-state index is 12.1. The summed E-state index contributed by atoms with van der Waals surface area (Å²) < 4.78 is 15.9. The Morgan fingerprint density at radius 2 is 1.84 bits per heavy atom. The number of aromatic nitrogens is 2. The van der Waals surface area contributed by atoms with Crippen molar-refractivity contribution in [2.75, 3.05) is 11.9 Å². The predicted molar refractivity (Wildman–Crippen MR) is 119 cm³/mol. The second-order valence-corrected chi connectivity index (χ2v) is 7.80. The molecule has 1 aromatic carbocycles. The Balaban J connectivity index is 1.45. The minimum Gasteiger partial charge on any atom is -0.489 e. The van der Waals surface area contributed by atoms with E-state index in [1.54, 1.807) is 31.2 Å². The highest BCUT2D eigenvalue weighted by Crippen LogP contribution is 2.28. The Bertz CT molecular complexity index is 1110. The third kappa shape index (κ3) is 5.99. The molecular weight excluding hydrogens is 457 g/mol. The minimum absolute atomic E-state index is 0.0104. The number of ether oxygens (including phenoxy) is 2. The van der Waals surface area contributed by atoms with Crippen molar-refractivity contribution >= 4 is 40.9 Å². The van der Waals surface area contributed by atoms with E-state index in [1.807, 2.05) is 13.8 Å². The summed E-state index contributed by atoms with van der Waals surface area (Å²) in [5.41, 5.74) is 3.00.